The summed E-state index contributed by atoms with van der Waals surface area (Å²) >= 11 is 5.97. The molecule has 3 rings (SSSR count). The van der Waals surface area contributed by atoms with Crippen LogP contribution in [0.2, 0.25) is 5.02 Å². The van der Waals surface area contributed by atoms with Crippen LogP contribution in [0.1, 0.15) is 25.0 Å². The number of ether oxygens (including phenoxy) is 1. The van der Waals surface area contributed by atoms with Gasteiger partial charge in [-0.3, -0.25) is 4.79 Å². The molecule has 1 heterocycles. The van der Waals surface area contributed by atoms with Gasteiger partial charge in [0, 0.05) is 15.3 Å². The highest BCUT2D eigenvalue weighted by atomic mass is 35.5. The minimum Gasteiger partial charge on any atom is -0.447 e. The molecular weight excluding hydrogens is 392 g/mol. The lowest BCUT2D eigenvalue weighted by Gasteiger charge is -2.33. The summed E-state index contributed by atoms with van der Waals surface area (Å²) in [6.07, 6.45) is -0.260. The smallest absolute Gasteiger partial charge is 0.416 e. The van der Waals surface area contributed by atoms with E-state index >= 15 is 0 Å². The highest BCUT2D eigenvalue weighted by Crippen LogP contribution is 2.33. The van der Waals surface area contributed by atoms with Gasteiger partial charge in [-0.15, -0.1) is 0 Å². The lowest BCUT2D eigenvalue weighted by atomic mass is 9.77. The zero-order valence-corrected chi connectivity index (χ0v) is 16.9. The van der Waals surface area contributed by atoms with E-state index in [1.807, 2.05) is 30.3 Å². The second-order valence-electron chi connectivity index (χ2n) is 7.46. The molecule has 0 saturated carbocycles. The Morgan fingerprint density at radius 2 is 1.93 bits per heavy atom. The van der Waals surface area contributed by atoms with Crippen LogP contribution in [0.25, 0.3) is 10.4 Å². The number of amides is 2. The van der Waals surface area contributed by atoms with Crippen molar-refractivity contribution in [3.63, 3.8) is 0 Å². The predicted octanol–water partition coefficient (Wildman–Crippen LogP) is 4.89. The molecular formula is C21H21ClN4O3. The van der Waals surface area contributed by atoms with E-state index in [0.717, 1.165) is 16.0 Å². The van der Waals surface area contributed by atoms with Crippen molar-refractivity contribution in [2.45, 2.75) is 37.8 Å². The van der Waals surface area contributed by atoms with Crippen molar-refractivity contribution in [3.8, 4) is 0 Å². The van der Waals surface area contributed by atoms with E-state index in [-0.39, 0.29) is 6.61 Å². The second-order valence-corrected chi connectivity index (χ2v) is 7.90. The number of benzene rings is 2. The van der Waals surface area contributed by atoms with E-state index in [0.29, 0.717) is 11.4 Å². The summed E-state index contributed by atoms with van der Waals surface area (Å²) in [6, 6.07) is 14.9. The molecule has 0 aromatic heterocycles. The molecule has 2 aromatic rings. The van der Waals surface area contributed by atoms with E-state index in [1.165, 1.54) is 0 Å². The van der Waals surface area contributed by atoms with Crippen molar-refractivity contribution in [3.05, 3.63) is 81.2 Å². The van der Waals surface area contributed by atoms with Crippen molar-refractivity contribution in [1.29, 1.82) is 0 Å². The average molecular weight is 413 g/mol. The van der Waals surface area contributed by atoms with Gasteiger partial charge < -0.3 is 4.74 Å². The third-order valence-electron chi connectivity index (χ3n) is 5.19. The maximum absolute atomic E-state index is 13.4. The number of halogens is 1. The Labute approximate surface area is 173 Å². The molecule has 2 amide bonds. The molecule has 2 aromatic carbocycles. The predicted molar refractivity (Wildman–Crippen MR) is 110 cm³/mol. The van der Waals surface area contributed by atoms with Gasteiger partial charge in [0.1, 0.15) is 12.6 Å². The monoisotopic (exact) mass is 412 g/mol. The van der Waals surface area contributed by atoms with Gasteiger partial charge in [0.15, 0.2) is 0 Å². The molecule has 1 fully saturated rings. The van der Waals surface area contributed by atoms with E-state index in [4.69, 9.17) is 21.9 Å². The number of cyclic esters (lactones) is 1. The summed E-state index contributed by atoms with van der Waals surface area (Å²) in [4.78, 5) is 29.7. The lowest BCUT2D eigenvalue weighted by molar-refractivity contribution is -0.131. The molecule has 0 spiro atoms. The van der Waals surface area contributed by atoms with Gasteiger partial charge in [-0.25, -0.2) is 9.69 Å². The van der Waals surface area contributed by atoms with Crippen LogP contribution in [0.5, 0.6) is 0 Å². The molecule has 1 aliphatic rings. The van der Waals surface area contributed by atoms with Gasteiger partial charge in [-0.05, 0) is 35.2 Å². The largest absolute Gasteiger partial charge is 0.447 e. The van der Waals surface area contributed by atoms with Gasteiger partial charge >= 0.3 is 6.09 Å². The van der Waals surface area contributed by atoms with Crippen LogP contribution < -0.4 is 0 Å². The van der Waals surface area contributed by atoms with Crippen molar-refractivity contribution in [1.82, 2.24) is 4.90 Å². The molecule has 0 radical (unpaired) electrons. The van der Waals surface area contributed by atoms with Crippen LogP contribution >= 0.6 is 11.6 Å². The van der Waals surface area contributed by atoms with Crippen LogP contribution in [0, 0.1) is 0 Å². The number of imide groups is 1. The van der Waals surface area contributed by atoms with Crippen molar-refractivity contribution < 1.29 is 14.3 Å². The fourth-order valence-electron chi connectivity index (χ4n) is 3.49. The molecule has 8 heteroatoms. The Bertz CT molecular complexity index is 940. The number of nitrogens with zero attached hydrogens (tertiary/aromatic N) is 4. The summed E-state index contributed by atoms with van der Waals surface area (Å²) in [7, 11) is 0. The lowest BCUT2D eigenvalue weighted by Crippen LogP contribution is -2.50. The SMILES string of the molecule is CC(C)(c1ccc(Cl)cc1)[C@H](N=[N+]=[N-])C(=O)N1C(=O)OC[C@@H]1Cc1ccccc1. The Balaban J connectivity index is 1.91. The third kappa shape index (κ3) is 4.36. The summed E-state index contributed by atoms with van der Waals surface area (Å²) in [5.74, 6) is -0.578. The minimum atomic E-state index is -1.13. The fourth-order valence-corrected chi connectivity index (χ4v) is 3.62. The number of hydrogen-bond acceptors (Lipinski definition) is 4. The molecule has 150 valence electrons. The average Bonchev–Trinajstić information content (AvgIpc) is 3.06. The fraction of sp³-hybridized carbons (Fsp3) is 0.333. The molecule has 0 unspecified atom stereocenters. The summed E-state index contributed by atoms with van der Waals surface area (Å²) in [6.45, 7) is 3.69. The normalized spacial score (nSPS) is 17.4. The van der Waals surface area contributed by atoms with Gasteiger partial charge in [-0.2, -0.15) is 0 Å². The molecule has 0 N–H and O–H groups in total. The van der Waals surface area contributed by atoms with Crippen molar-refractivity contribution >= 4 is 23.6 Å². The van der Waals surface area contributed by atoms with Crippen LogP contribution in [-0.4, -0.2) is 35.6 Å². The first-order valence-electron chi connectivity index (χ1n) is 9.18. The maximum atomic E-state index is 13.4. The number of carbonyl (C=O) groups is 2. The van der Waals surface area contributed by atoms with E-state index in [9.17, 15) is 9.59 Å². The molecule has 0 aliphatic carbocycles. The summed E-state index contributed by atoms with van der Waals surface area (Å²) in [5, 5.41) is 4.32. The van der Waals surface area contributed by atoms with Crippen LogP contribution in [-0.2, 0) is 21.4 Å². The number of hydrogen-bond donors (Lipinski definition) is 0. The zero-order chi connectivity index (χ0) is 21.0. The summed E-state index contributed by atoms with van der Waals surface area (Å²) < 4.78 is 5.15. The minimum absolute atomic E-state index is 0.101. The van der Waals surface area contributed by atoms with Gasteiger partial charge in [-0.1, -0.05) is 73.0 Å². The second kappa shape index (κ2) is 8.55. The van der Waals surface area contributed by atoms with Gasteiger partial charge in [0.2, 0.25) is 5.91 Å². The first-order chi connectivity index (χ1) is 13.8. The maximum Gasteiger partial charge on any atom is 0.416 e. The van der Waals surface area contributed by atoms with Crippen LogP contribution in [0.4, 0.5) is 4.79 Å². The van der Waals surface area contributed by atoms with Crippen molar-refractivity contribution in [2.75, 3.05) is 6.61 Å². The standard InChI is InChI=1S/C21H21ClN4O3/c1-21(2,15-8-10-16(22)11-9-15)18(24-25-23)19(27)26-17(13-29-20(26)28)12-14-6-4-3-5-7-14/h3-11,17-18H,12-13H2,1-2H3/t17-,18+/m0/s1. The number of azide groups is 1. The molecule has 7 nitrogen and oxygen atoms in total. The Hall–Kier alpha value is -3.02. The molecule has 1 aliphatic heterocycles. The summed E-state index contributed by atoms with van der Waals surface area (Å²) in [5.41, 5.74) is 9.97. The topological polar surface area (TPSA) is 95.4 Å². The number of carbonyl (C=O) groups excluding carboxylic acids is 2. The Kier molecular flexibility index (Phi) is 6.11. The van der Waals surface area contributed by atoms with Gasteiger partial charge in [0.25, 0.3) is 0 Å². The highest BCUT2D eigenvalue weighted by molar-refractivity contribution is 6.30. The quantitative estimate of drug-likeness (QED) is 0.384. The van der Waals surface area contributed by atoms with Crippen LogP contribution in [0.15, 0.2) is 59.7 Å². The van der Waals surface area contributed by atoms with Gasteiger partial charge in [0.05, 0.1) is 6.04 Å². The number of rotatable bonds is 6. The molecule has 2 atom stereocenters. The molecule has 29 heavy (non-hydrogen) atoms. The van der Waals surface area contributed by atoms with E-state index in [1.54, 1.807) is 38.1 Å². The Morgan fingerprint density at radius 3 is 2.55 bits per heavy atom. The highest BCUT2D eigenvalue weighted by Gasteiger charge is 2.45. The first-order valence-corrected chi connectivity index (χ1v) is 9.56. The van der Waals surface area contributed by atoms with E-state index < -0.39 is 29.5 Å². The van der Waals surface area contributed by atoms with Crippen molar-refractivity contribution in [2.24, 2.45) is 5.11 Å². The third-order valence-corrected chi connectivity index (χ3v) is 5.44. The van der Waals surface area contributed by atoms with Crippen LogP contribution in [0.3, 0.4) is 0 Å². The molecule has 1 saturated heterocycles. The van der Waals surface area contributed by atoms with E-state index in [2.05, 4.69) is 10.0 Å². The Morgan fingerprint density at radius 1 is 1.28 bits per heavy atom. The first kappa shape index (κ1) is 20.7. The zero-order valence-electron chi connectivity index (χ0n) is 16.2. The molecule has 0 bridgehead atoms.